The van der Waals surface area contributed by atoms with E-state index in [1.54, 1.807) is 0 Å². The number of aliphatic hydroxyl groups excluding tert-OH is 1. The maximum Gasteiger partial charge on any atom is 0.235 e. The Balaban J connectivity index is 2.63. The Morgan fingerprint density at radius 1 is 1.64 bits per heavy atom. The minimum Gasteiger partial charge on any atom is -0.396 e. The van der Waals surface area contributed by atoms with Gasteiger partial charge in [-0.15, -0.1) is 0 Å². The van der Waals surface area contributed by atoms with E-state index in [-0.39, 0.29) is 24.5 Å². The summed E-state index contributed by atoms with van der Waals surface area (Å²) in [4.78, 5) is 13.3. The van der Waals surface area contributed by atoms with Crippen LogP contribution in [0.2, 0.25) is 0 Å². The molecule has 0 radical (unpaired) electrons. The molecule has 0 aliphatic carbocycles. The van der Waals surface area contributed by atoms with E-state index in [1.165, 1.54) is 0 Å². The van der Waals surface area contributed by atoms with Crippen molar-refractivity contribution < 1.29 is 9.90 Å². The molecule has 2 atom stereocenters. The van der Waals surface area contributed by atoms with Crippen LogP contribution in [0.15, 0.2) is 0 Å². The third-order valence-electron chi connectivity index (χ3n) is 2.75. The maximum atomic E-state index is 11.2. The van der Waals surface area contributed by atoms with Gasteiger partial charge in [0.15, 0.2) is 0 Å². The molecule has 1 amide bonds. The first-order chi connectivity index (χ1) is 6.56. The van der Waals surface area contributed by atoms with Crippen LogP contribution in [-0.2, 0) is 4.79 Å². The molecule has 0 bridgehead atoms. The highest BCUT2D eigenvalue weighted by Gasteiger charge is 2.37. The number of hydrogen-bond acceptors (Lipinski definition) is 3. The van der Waals surface area contributed by atoms with Crippen LogP contribution in [0.5, 0.6) is 0 Å². The van der Waals surface area contributed by atoms with E-state index in [0.717, 1.165) is 19.5 Å². The highest BCUT2D eigenvalue weighted by molar-refractivity contribution is 5.80. The summed E-state index contributed by atoms with van der Waals surface area (Å²) in [5.41, 5.74) is 5.34. The summed E-state index contributed by atoms with van der Waals surface area (Å²) in [5, 5.41) is 9.10. The highest BCUT2D eigenvalue weighted by Crippen LogP contribution is 2.24. The van der Waals surface area contributed by atoms with E-state index in [0.29, 0.717) is 5.92 Å². The quantitative estimate of drug-likeness (QED) is 0.661. The van der Waals surface area contributed by atoms with Crippen LogP contribution in [0.1, 0.15) is 20.3 Å². The van der Waals surface area contributed by atoms with Gasteiger partial charge in [0.05, 0.1) is 6.04 Å². The summed E-state index contributed by atoms with van der Waals surface area (Å²) in [6, 6.07) is -0.262. The predicted molar refractivity (Wildman–Crippen MR) is 54.6 cm³/mol. The second-order valence-corrected chi connectivity index (χ2v) is 4.47. The minimum atomic E-state index is -0.304. The third-order valence-corrected chi connectivity index (χ3v) is 2.75. The standard InChI is InChI=1S/C10H20N2O2/c1-7(2)5-12-4-3-8(6-13)9(12)10(11)14/h7-9,13H,3-6H2,1-2H3,(H2,11,14). The second-order valence-electron chi connectivity index (χ2n) is 4.47. The van der Waals surface area contributed by atoms with Crippen molar-refractivity contribution in [2.24, 2.45) is 17.6 Å². The van der Waals surface area contributed by atoms with Gasteiger partial charge in [0, 0.05) is 19.1 Å². The van der Waals surface area contributed by atoms with Crippen LogP contribution in [0.4, 0.5) is 0 Å². The normalized spacial score (nSPS) is 28.6. The highest BCUT2D eigenvalue weighted by atomic mass is 16.3. The Morgan fingerprint density at radius 3 is 2.71 bits per heavy atom. The summed E-state index contributed by atoms with van der Waals surface area (Å²) in [6.45, 7) is 6.04. The first-order valence-corrected chi connectivity index (χ1v) is 5.20. The molecule has 0 aromatic carbocycles. The molecule has 2 unspecified atom stereocenters. The second kappa shape index (κ2) is 4.75. The van der Waals surface area contributed by atoms with Crippen LogP contribution in [0, 0.1) is 11.8 Å². The summed E-state index contributed by atoms with van der Waals surface area (Å²) in [5.74, 6) is 0.253. The van der Waals surface area contributed by atoms with Gasteiger partial charge < -0.3 is 10.8 Å². The van der Waals surface area contributed by atoms with Crippen LogP contribution in [0.3, 0.4) is 0 Å². The van der Waals surface area contributed by atoms with Gasteiger partial charge in [-0.05, 0) is 18.9 Å². The largest absolute Gasteiger partial charge is 0.396 e. The predicted octanol–water partition coefficient (Wildman–Crippen LogP) is -0.189. The van der Waals surface area contributed by atoms with E-state index in [4.69, 9.17) is 10.8 Å². The smallest absolute Gasteiger partial charge is 0.235 e. The molecule has 1 aliphatic heterocycles. The molecule has 1 rings (SSSR count). The number of aliphatic hydroxyl groups is 1. The SMILES string of the molecule is CC(C)CN1CCC(CO)C1C(N)=O. The lowest BCUT2D eigenvalue weighted by atomic mass is 10.0. The number of likely N-dealkylation sites (tertiary alicyclic amines) is 1. The fourth-order valence-corrected chi connectivity index (χ4v) is 2.20. The first kappa shape index (κ1) is 11.5. The molecule has 1 heterocycles. The number of amides is 1. The zero-order valence-corrected chi connectivity index (χ0v) is 8.94. The van der Waals surface area contributed by atoms with Gasteiger partial charge in [-0.3, -0.25) is 9.69 Å². The van der Waals surface area contributed by atoms with Gasteiger partial charge in [0.2, 0.25) is 5.91 Å². The van der Waals surface area contributed by atoms with Crippen LogP contribution >= 0.6 is 0 Å². The van der Waals surface area contributed by atoms with E-state index < -0.39 is 0 Å². The summed E-state index contributed by atoms with van der Waals surface area (Å²) >= 11 is 0. The summed E-state index contributed by atoms with van der Waals surface area (Å²) in [7, 11) is 0. The van der Waals surface area contributed by atoms with E-state index in [9.17, 15) is 4.79 Å². The van der Waals surface area contributed by atoms with Gasteiger partial charge in [-0.2, -0.15) is 0 Å². The van der Waals surface area contributed by atoms with Crippen molar-refractivity contribution >= 4 is 5.91 Å². The average molecular weight is 200 g/mol. The lowest BCUT2D eigenvalue weighted by Gasteiger charge is -2.26. The molecular formula is C10H20N2O2. The third kappa shape index (κ3) is 2.45. The number of hydrogen-bond donors (Lipinski definition) is 2. The lowest BCUT2D eigenvalue weighted by molar-refractivity contribution is -0.124. The Hall–Kier alpha value is -0.610. The minimum absolute atomic E-state index is 0.0336. The number of carbonyl (C=O) groups excluding carboxylic acids is 1. The monoisotopic (exact) mass is 200 g/mol. The fraction of sp³-hybridized carbons (Fsp3) is 0.900. The van der Waals surface area contributed by atoms with Crippen molar-refractivity contribution in [2.75, 3.05) is 19.7 Å². The average Bonchev–Trinajstić information content (AvgIpc) is 2.46. The van der Waals surface area contributed by atoms with Crippen LogP contribution in [0.25, 0.3) is 0 Å². The first-order valence-electron chi connectivity index (χ1n) is 5.20. The molecule has 0 spiro atoms. The Bertz CT molecular complexity index is 206. The molecule has 0 aromatic rings. The number of nitrogens with zero attached hydrogens (tertiary/aromatic N) is 1. The van der Waals surface area contributed by atoms with Gasteiger partial charge in [-0.25, -0.2) is 0 Å². The molecule has 3 N–H and O–H groups in total. The molecule has 4 nitrogen and oxygen atoms in total. The molecule has 1 fully saturated rings. The molecule has 82 valence electrons. The van der Waals surface area contributed by atoms with Gasteiger partial charge in [-0.1, -0.05) is 13.8 Å². The number of primary amides is 1. The van der Waals surface area contributed by atoms with E-state index in [1.807, 2.05) is 0 Å². The van der Waals surface area contributed by atoms with Crippen molar-refractivity contribution in [3.05, 3.63) is 0 Å². The van der Waals surface area contributed by atoms with Crippen LogP contribution in [-0.4, -0.2) is 41.7 Å². The number of nitrogens with two attached hydrogens (primary N) is 1. The Labute approximate surface area is 85.1 Å². The summed E-state index contributed by atoms with van der Waals surface area (Å²) < 4.78 is 0. The Morgan fingerprint density at radius 2 is 2.29 bits per heavy atom. The molecular weight excluding hydrogens is 180 g/mol. The number of rotatable bonds is 4. The molecule has 14 heavy (non-hydrogen) atoms. The number of carbonyl (C=O) groups is 1. The van der Waals surface area contributed by atoms with Crippen molar-refractivity contribution in [2.45, 2.75) is 26.3 Å². The van der Waals surface area contributed by atoms with Crippen LogP contribution < -0.4 is 5.73 Å². The van der Waals surface area contributed by atoms with Crippen molar-refractivity contribution in [1.82, 2.24) is 4.90 Å². The molecule has 1 saturated heterocycles. The lowest BCUT2D eigenvalue weighted by Crippen LogP contribution is -2.45. The van der Waals surface area contributed by atoms with Crippen molar-refractivity contribution in [3.63, 3.8) is 0 Å². The molecule has 4 heteroatoms. The van der Waals surface area contributed by atoms with Gasteiger partial charge >= 0.3 is 0 Å². The zero-order valence-electron chi connectivity index (χ0n) is 8.94. The van der Waals surface area contributed by atoms with E-state index >= 15 is 0 Å². The molecule has 0 aromatic heterocycles. The maximum absolute atomic E-state index is 11.2. The molecule has 1 aliphatic rings. The van der Waals surface area contributed by atoms with Gasteiger partial charge in [0.25, 0.3) is 0 Å². The summed E-state index contributed by atoms with van der Waals surface area (Å²) in [6.07, 6.45) is 0.872. The van der Waals surface area contributed by atoms with E-state index in [2.05, 4.69) is 18.7 Å². The topological polar surface area (TPSA) is 66.6 Å². The molecule has 0 saturated carbocycles. The fourth-order valence-electron chi connectivity index (χ4n) is 2.20. The van der Waals surface area contributed by atoms with Gasteiger partial charge in [0.1, 0.15) is 0 Å². The Kier molecular flexibility index (Phi) is 3.89. The zero-order chi connectivity index (χ0) is 10.7. The van der Waals surface area contributed by atoms with Crippen molar-refractivity contribution in [3.8, 4) is 0 Å². The van der Waals surface area contributed by atoms with Crippen molar-refractivity contribution in [1.29, 1.82) is 0 Å².